The first-order valence-electron chi connectivity index (χ1n) is 13.9. The molecule has 0 aliphatic heterocycles. The normalized spacial score (nSPS) is 11.9. The maximum Gasteiger partial charge on any atom is 0.264 e. The summed E-state index contributed by atoms with van der Waals surface area (Å²) in [6.07, 6.45) is 0.191. The number of hydrogen-bond donors (Lipinski definition) is 1. The number of likely N-dealkylation sites (N-methyl/N-ethyl adjacent to an activating group) is 1. The van der Waals surface area contributed by atoms with Gasteiger partial charge in [-0.05, 0) is 76.4 Å². The number of rotatable bonds is 12. The van der Waals surface area contributed by atoms with Crippen molar-refractivity contribution in [3.8, 4) is 5.75 Å². The smallest absolute Gasteiger partial charge is 0.264 e. The fourth-order valence-corrected chi connectivity index (χ4v) is 7.18. The van der Waals surface area contributed by atoms with Gasteiger partial charge in [-0.25, -0.2) is 8.42 Å². The highest BCUT2D eigenvalue weighted by Gasteiger charge is 2.34. The van der Waals surface area contributed by atoms with Gasteiger partial charge in [-0.3, -0.25) is 13.9 Å². The average molecular weight is 734 g/mol. The second-order valence-electron chi connectivity index (χ2n) is 10.2. The fraction of sp³-hybridized carbons (Fsp3) is 0.212. The summed E-state index contributed by atoms with van der Waals surface area (Å²) in [5.41, 5.74) is 2.64. The van der Waals surface area contributed by atoms with E-state index in [4.69, 9.17) is 27.9 Å². The molecule has 4 aromatic carbocycles. The van der Waals surface area contributed by atoms with Crippen LogP contribution < -0.4 is 14.4 Å². The molecule has 8 nitrogen and oxygen atoms in total. The number of amides is 2. The molecule has 0 unspecified atom stereocenters. The van der Waals surface area contributed by atoms with Gasteiger partial charge in [0.1, 0.15) is 18.3 Å². The Hall–Kier alpha value is -3.57. The molecule has 45 heavy (non-hydrogen) atoms. The topological polar surface area (TPSA) is 96.0 Å². The lowest BCUT2D eigenvalue weighted by Crippen LogP contribution is -2.53. The Morgan fingerprint density at radius 2 is 1.60 bits per heavy atom. The van der Waals surface area contributed by atoms with Crippen molar-refractivity contribution in [3.63, 3.8) is 0 Å². The molecule has 4 rings (SSSR count). The van der Waals surface area contributed by atoms with Gasteiger partial charge in [-0.15, -0.1) is 0 Å². The van der Waals surface area contributed by atoms with Gasteiger partial charge in [0, 0.05) is 20.0 Å². The van der Waals surface area contributed by atoms with E-state index in [1.54, 1.807) is 42.5 Å². The molecule has 1 atom stereocenters. The molecular weight excluding hydrogens is 701 g/mol. The summed E-state index contributed by atoms with van der Waals surface area (Å²) in [4.78, 5) is 29.1. The molecule has 0 radical (unpaired) electrons. The second kappa shape index (κ2) is 15.1. The number of benzene rings is 4. The molecule has 0 aliphatic rings. The molecule has 236 valence electrons. The number of ether oxygens (including phenoxy) is 1. The van der Waals surface area contributed by atoms with Crippen molar-refractivity contribution < 1.29 is 22.7 Å². The molecule has 2 amide bonds. The second-order valence-corrected chi connectivity index (χ2v) is 13.8. The van der Waals surface area contributed by atoms with E-state index in [-0.39, 0.29) is 28.6 Å². The Labute approximate surface area is 282 Å². The summed E-state index contributed by atoms with van der Waals surface area (Å²) >= 11 is 15.8. The highest BCUT2D eigenvalue weighted by Crippen LogP contribution is 2.31. The number of hydrogen-bond acceptors (Lipinski definition) is 5. The maximum atomic E-state index is 14.4. The molecule has 0 fully saturated rings. The Morgan fingerprint density at radius 1 is 0.911 bits per heavy atom. The van der Waals surface area contributed by atoms with Gasteiger partial charge >= 0.3 is 0 Å². The van der Waals surface area contributed by atoms with E-state index in [9.17, 15) is 18.0 Å². The first-order chi connectivity index (χ1) is 21.4. The van der Waals surface area contributed by atoms with Crippen LogP contribution in [0, 0.1) is 6.92 Å². The van der Waals surface area contributed by atoms with Crippen molar-refractivity contribution in [3.05, 3.63) is 122 Å². The van der Waals surface area contributed by atoms with Crippen LogP contribution in [0.15, 0.2) is 100 Å². The average Bonchev–Trinajstić information content (AvgIpc) is 3.03. The molecule has 0 bridgehead atoms. The number of nitrogens with zero attached hydrogens (tertiary/aromatic N) is 2. The zero-order valence-electron chi connectivity index (χ0n) is 24.8. The third-order valence-electron chi connectivity index (χ3n) is 7.17. The van der Waals surface area contributed by atoms with Crippen molar-refractivity contribution >= 4 is 66.7 Å². The van der Waals surface area contributed by atoms with Crippen LogP contribution in [0.2, 0.25) is 10.0 Å². The van der Waals surface area contributed by atoms with Gasteiger partial charge in [0.15, 0.2) is 0 Å². The van der Waals surface area contributed by atoms with Crippen LogP contribution in [0.25, 0.3) is 0 Å². The molecule has 0 saturated heterocycles. The number of anilines is 1. The Balaban J connectivity index is 1.81. The lowest BCUT2D eigenvalue weighted by molar-refractivity contribution is -0.139. The van der Waals surface area contributed by atoms with Crippen LogP contribution in [0.4, 0.5) is 5.69 Å². The van der Waals surface area contributed by atoms with Crippen LogP contribution in [0.3, 0.4) is 0 Å². The molecule has 0 aliphatic carbocycles. The van der Waals surface area contributed by atoms with Gasteiger partial charge < -0.3 is 15.0 Å². The van der Waals surface area contributed by atoms with Gasteiger partial charge in [-0.1, -0.05) is 77.3 Å². The van der Waals surface area contributed by atoms with Crippen LogP contribution in [-0.4, -0.2) is 51.9 Å². The van der Waals surface area contributed by atoms with Gasteiger partial charge in [0.05, 0.1) is 32.2 Å². The minimum absolute atomic E-state index is 0.0312. The van der Waals surface area contributed by atoms with E-state index in [2.05, 4.69) is 21.2 Å². The molecule has 12 heteroatoms. The minimum atomic E-state index is -4.28. The summed E-state index contributed by atoms with van der Waals surface area (Å²) < 4.78 is 35.2. The third-order valence-corrected chi connectivity index (χ3v) is 10.3. The molecule has 4 aromatic rings. The number of carbonyl (C=O) groups excluding carboxylic acids is 2. The molecule has 0 heterocycles. The lowest BCUT2D eigenvalue weighted by Gasteiger charge is -2.33. The highest BCUT2D eigenvalue weighted by atomic mass is 79.9. The SMILES string of the molecule is CNC(=O)[C@@H](Cc1ccccc1)N(Cc1ccc(Cl)c(Cl)c1)C(=O)CN(c1ccc(C)cc1)S(=O)(=O)c1ccc(OC)c(Br)c1. The summed E-state index contributed by atoms with van der Waals surface area (Å²) in [7, 11) is -1.31. The monoisotopic (exact) mass is 731 g/mol. The van der Waals surface area contributed by atoms with Crippen LogP contribution >= 0.6 is 39.1 Å². The first-order valence-corrected chi connectivity index (χ1v) is 16.9. The first kappa shape index (κ1) is 34.3. The van der Waals surface area contributed by atoms with Crippen LogP contribution in [0.5, 0.6) is 5.75 Å². The van der Waals surface area contributed by atoms with Crippen LogP contribution in [-0.2, 0) is 32.6 Å². The molecule has 0 saturated carbocycles. The van der Waals surface area contributed by atoms with E-state index in [0.717, 1.165) is 15.4 Å². The summed E-state index contributed by atoms with van der Waals surface area (Å²) in [6.45, 7) is 1.26. The third kappa shape index (κ3) is 8.38. The maximum absolute atomic E-state index is 14.4. The van der Waals surface area contributed by atoms with Crippen molar-refractivity contribution in [2.75, 3.05) is 25.0 Å². The number of methoxy groups -OCH3 is 1. The highest BCUT2D eigenvalue weighted by molar-refractivity contribution is 9.10. The van der Waals surface area contributed by atoms with E-state index in [1.807, 2.05) is 37.3 Å². The zero-order valence-corrected chi connectivity index (χ0v) is 28.8. The molecule has 0 aromatic heterocycles. The zero-order chi connectivity index (χ0) is 32.7. The Kier molecular flexibility index (Phi) is 11.5. The van der Waals surface area contributed by atoms with Crippen molar-refractivity contribution in [1.82, 2.24) is 10.2 Å². The fourth-order valence-electron chi connectivity index (χ4n) is 4.73. The summed E-state index contributed by atoms with van der Waals surface area (Å²) in [5, 5.41) is 3.29. The predicted molar refractivity (Wildman–Crippen MR) is 181 cm³/mol. The van der Waals surface area contributed by atoms with Gasteiger partial charge in [0.2, 0.25) is 11.8 Å². The van der Waals surface area contributed by atoms with Crippen molar-refractivity contribution in [2.45, 2.75) is 30.8 Å². The quantitative estimate of drug-likeness (QED) is 0.176. The van der Waals surface area contributed by atoms with Gasteiger partial charge in [0.25, 0.3) is 10.0 Å². The Morgan fingerprint density at radius 3 is 2.20 bits per heavy atom. The van der Waals surface area contributed by atoms with Crippen molar-refractivity contribution in [1.29, 1.82) is 0 Å². The summed E-state index contributed by atoms with van der Waals surface area (Å²) in [5.74, 6) is -0.549. The molecule has 1 N–H and O–H groups in total. The number of sulfonamides is 1. The van der Waals surface area contributed by atoms with E-state index < -0.39 is 34.4 Å². The van der Waals surface area contributed by atoms with Gasteiger partial charge in [-0.2, -0.15) is 0 Å². The number of halogens is 3. The number of nitrogens with one attached hydrogen (secondary N) is 1. The molecule has 0 spiro atoms. The minimum Gasteiger partial charge on any atom is -0.496 e. The predicted octanol–water partition coefficient (Wildman–Crippen LogP) is 6.65. The summed E-state index contributed by atoms with van der Waals surface area (Å²) in [6, 6.07) is 24.4. The van der Waals surface area contributed by atoms with E-state index in [0.29, 0.717) is 20.8 Å². The Bertz CT molecular complexity index is 1770. The molecular formula is C33H32BrCl2N3O5S. The van der Waals surface area contributed by atoms with E-state index >= 15 is 0 Å². The number of carbonyl (C=O) groups is 2. The number of aryl methyl sites for hydroxylation is 1. The lowest BCUT2D eigenvalue weighted by atomic mass is 10.0. The van der Waals surface area contributed by atoms with Crippen LogP contribution in [0.1, 0.15) is 16.7 Å². The van der Waals surface area contributed by atoms with Crippen molar-refractivity contribution in [2.24, 2.45) is 0 Å². The van der Waals surface area contributed by atoms with E-state index in [1.165, 1.54) is 37.3 Å². The standard InChI is InChI=1S/C33H32BrCl2N3O5S/c1-22-9-12-25(13-10-22)39(45(42,43)26-14-16-31(44-3)27(34)19-26)21-32(40)38(20-24-11-15-28(35)29(36)17-24)30(33(41)37-2)18-23-7-5-4-6-8-23/h4-17,19,30H,18,20-21H2,1-3H3,(H,37,41)/t30-/m1/s1. The largest absolute Gasteiger partial charge is 0.496 e.